The summed E-state index contributed by atoms with van der Waals surface area (Å²) in [7, 11) is 0. The molecule has 41 heavy (non-hydrogen) atoms. The molecule has 0 fully saturated rings. The van der Waals surface area contributed by atoms with Gasteiger partial charge in [0.1, 0.15) is 6.15 Å². The molecule has 4 aromatic rings. The molecule has 0 saturated heterocycles. The number of hydrogen-bond donors (Lipinski definition) is 1. The monoisotopic (exact) mass is 546 g/mol. The summed E-state index contributed by atoms with van der Waals surface area (Å²) in [6, 6.07) is 43.5. The molecule has 0 saturated carbocycles. The zero-order chi connectivity index (χ0) is 29.4. The van der Waals surface area contributed by atoms with Crippen molar-refractivity contribution in [1.82, 2.24) is 5.32 Å². The smallest absolute Gasteiger partial charge is 0.247 e. The van der Waals surface area contributed by atoms with Crippen LogP contribution in [0.15, 0.2) is 134 Å². The molecule has 0 heterocycles. The lowest BCUT2D eigenvalue weighted by molar-refractivity contribution is -0.930. The highest BCUT2D eigenvalue weighted by atomic mass is 16.1. The molecule has 1 amide bonds. The second-order valence-electron chi connectivity index (χ2n) is 10.9. The summed E-state index contributed by atoms with van der Waals surface area (Å²) in [5.41, 5.74) is 5.36. The fraction of sp³-hybridized carbons (Fsp3) is 0.270. The van der Waals surface area contributed by atoms with Crippen LogP contribution in [0, 0.1) is 0 Å². The summed E-state index contributed by atoms with van der Waals surface area (Å²) in [5, 5.41) is 2.94. The lowest BCUT2D eigenvalue weighted by atomic mass is 9.13. The van der Waals surface area contributed by atoms with E-state index in [0.29, 0.717) is 0 Å². The van der Waals surface area contributed by atoms with Crippen molar-refractivity contribution in [2.75, 3.05) is 26.3 Å². The topological polar surface area (TPSA) is 29.1 Å². The van der Waals surface area contributed by atoms with E-state index in [0.717, 1.165) is 50.0 Å². The first kappa shape index (κ1) is 31.6. The standard InChI is InChI=1S/C24H20B.C13H26N2O/c1-5-13-21(14-6-1)25(22-15-7-2-8-16-22,23-17-9-3-10-18-23)24-19-11-4-12-20-24;1-5-9-15(10-6-2,11-7-3)12-14-13(16)8-4/h1-20H;8H,4-7,9-12H2,1-3H3/q-1;/p+1. The number of rotatable bonds is 13. The van der Waals surface area contributed by atoms with Gasteiger partial charge in [0, 0.05) is 0 Å². The Morgan fingerprint density at radius 1 is 0.610 bits per heavy atom. The largest absolute Gasteiger partial charge is 0.307 e. The maximum atomic E-state index is 11.2. The van der Waals surface area contributed by atoms with Crippen molar-refractivity contribution in [3.8, 4) is 0 Å². The Balaban J connectivity index is 0.000000253. The molecule has 0 aliphatic rings. The van der Waals surface area contributed by atoms with E-state index in [1.807, 2.05) is 0 Å². The Morgan fingerprint density at radius 2 is 0.902 bits per heavy atom. The third-order valence-electron chi connectivity index (χ3n) is 8.07. The van der Waals surface area contributed by atoms with Crippen LogP contribution in [0.5, 0.6) is 0 Å². The van der Waals surface area contributed by atoms with Crippen LogP contribution in [0.25, 0.3) is 0 Å². The zero-order valence-corrected chi connectivity index (χ0v) is 25.2. The van der Waals surface area contributed by atoms with Crippen molar-refractivity contribution in [3.05, 3.63) is 134 Å². The van der Waals surface area contributed by atoms with Gasteiger partial charge in [-0.2, -0.15) is 21.9 Å². The number of hydrogen-bond acceptors (Lipinski definition) is 1. The highest BCUT2D eigenvalue weighted by molar-refractivity contribution is 7.19. The molecule has 1 N–H and O–H groups in total. The van der Waals surface area contributed by atoms with Gasteiger partial charge in [-0.05, 0) is 25.3 Å². The highest BCUT2D eigenvalue weighted by Gasteiger charge is 2.31. The number of nitrogens with one attached hydrogen (secondary N) is 1. The van der Waals surface area contributed by atoms with Crippen molar-refractivity contribution in [3.63, 3.8) is 0 Å². The van der Waals surface area contributed by atoms with Crippen molar-refractivity contribution in [1.29, 1.82) is 0 Å². The van der Waals surface area contributed by atoms with Gasteiger partial charge in [0.15, 0.2) is 6.67 Å². The van der Waals surface area contributed by atoms with E-state index in [-0.39, 0.29) is 5.91 Å². The molecular weight excluding hydrogens is 499 g/mol. The average molecular weight is 547 g/mol. The van der Waals surface area contributed by atoms with Crippen molar-refractivity contribution >= 4 is 33.9 Å². The summed E-state index contributed by atoms with van der Waals surface area (Å²) in [5.74, 6) is -0.0641. The van der Waals surface area contributed by atoms with E-state index < -0.39 is 6.15 Å². The van der Waals surface area contributed by atoms with Gasteiger partial charge in [-0.3, -0.25) is 4.79 Å². The molecule has 214 valence electrons. The molecule has 4 heteroatoms. The predicted molar refractivity (Wildman–Crippen MR) is 179 cm³/mol. The van der Waals surface area contributed by atoms with Gasteiger partial charge >= 0.3 is 0 Å². The van der Waals surface area contributed by atoms with Crippen molar-refractivity contribution in [2.24, 2.45) is 0 Å². The SMILES string of the molecule is C=CC(=O)NC[N+](CCC)(CCC)CCC.c1ccc([B-](c2ccccc2)(c2ccccc2)c2ccccc2)cc1. The van der Waals surface area contributed by atoms with Gasteiger partial charge in [0.05, 0.1) is 19.6 Å². The van der Waals surface area contributed by atoms with Crippen LogP contribution in [0.2, 0.25) is 0 Å². The third-order valence-corrected chi connectivity index (χ3v) is 8.07. The maximum absolute atomic E-state index is 11.2. The van der Waals surface area contributed by atoms with Gasteiger partial charge in [-0.25, -0.2) is 0 Å². The van der Waals surface area contributed by atoms with E-state index in [1.54, 1.807) is 0 Å². The molecular formula is C37H47BN2O. The Labute approximate surface area is 248 Å². The molecule has 4 aromatic carbocycles. The lowest BCUT2D eigenvalue weighted by Gasteiger charge is -2.44. The number of carbonyl (C=O) groups excluding carboxylic acids is 1. The second kappa shape index (κ2) is 16.4. The van der Waals surface area contributed by atoms with Gasteiger partial charge in [-0.15, -0.1) is 0 Å². The first-order valence-electron chi connectivity index (χ1n) is 15.2. The highest BCUT2D eigenvalue weighted by Crippen LogP contribution is 2.11. The van der Waals surface area contributed by atoms with Crippen LogP contribution in [0.1, 0.15) is 40.0 Å². The summed E-state index contributed by atoms with van der Waals surface area (Å²) in [6.45, 7) is 14.2. The van der Waals surface area contributed by atoms with Gasteiger partial charge in [-0.1, -0.05) is 149 Å². The fourth-order valence-corrected chi connectivity index (χ4v) is 6.43. The quantitative estimate of drug-likeness (QED) is 0.104. The second-order valence-corrected chi connectivity index (χ2v) is 10.9. The Bertz CT molecular complexity index is 1110. The summed E-state index contributed by atoms with van der Waals surface area (Å²) in [4.78, 5) is 11.2. The van der Waals surface area contributed by atoms with Crippen molar-refractivity contribution < 1.29 is 9.28 Å². The molecule has 0 radical (unpaired) electrons. The van der Waals surface area contributed by atoms with E-state index in [4.69, 9.17) is 0 Å². The number of amides is 1. The molecule has 0 aliphatic heterocycles. The third kappa shape index (κ3) is 8.08. The lowest BCUT2D eigenvalue weighted by Crippen LogP contribution is -2.74. The van der Waals surface area contributed by atoms with Gasteiger partial charge in [0.25, 0.3) is 0 Å². The minimum atomic E-state index is -1.22. The van der Waals surface area contributed by atoms with Crippen LogP contribution in [-0.2, 0) is 4.79 Å². The molecule has 0 spiro atoms. The molecule has 0 unspecified atom stereocenters. The van der Waals surface area contributed by atoms with Crippen molar-refractivity contribution in [2.45, 2.75) is 40.0 Å². The zero-order valence-electron chi connectivity index (χ0n) is 25.2. The Hall–Kier alpha value is -3.89. The van der Waals surface area contributed by atoms with Crippen LogP contribution in [-0.4, -0.2) is 42.8 Å². The van der Waals surface area contributed by atoms with E-state index >= 15 is 0 Å². The normalized spacial score (nSPS) is 11.2. The van der Waals surface area contributed by atoms with E-state index in [2.05, 4.69) is 154 Å². The van der Waals surface area contributed by atoms with Gasteiger partial charge in [0.2, 0.25) is 5.91 Å². The number of benzene rings is 4. The summed E-state index contributed by atoms with van der Waals surface area (Å²) in [6.07, 6.45) is 3.60. The Kier molecular flexibility index (Phi) is 12.7. The van der Waals surface area contributed by atoms with E-state index in [9.17, 15) is 4.79 Å². The molecule has 0 atom stereocenters. The molecule has 4 rings (SSSR count). The molecule has 0 aromatic heterocycles. The number of quaternary nitrogens is 1. The molecule has 0 aliphatic carbocycles. The van der Waals surface area contributed by atoms with Crippen LogP contribution >= 0.6 is 0 Å². The Morgan fingerprint density at radius 3 is 1.15 bits per heavy atom. The molecule has 3 nitrogen and oxygen atoms in total. The first-order chi connectivity index (χ1) is 20.1. The number of carbonyl (C=O) groups is 1. The van der Waals surface area contributed by atoms with Crippen LogP contribution in [0.4, 0.5) is 0 Å². The number of nitrogens with zero attached hydrogens (tertiary/aromatic N) is 1. The minimum Gasteiger partial charge on any atom is -0.307 e. The first-order valence-corrected chi connectivity index (χ1v) is 15.2. The van der Waals surface area contributed by atoms with Crippen LogP contribution in [0.3, 0.4) is 0 Å². The maximum Gasteiger partial charge on any atom is 0.247 e. The van der Waals surface area contributed by atoms with Crippen LogP contribution < -0.4 is 27.2 Å². The van der Waals surface area contributed by atoms with E-state index in [1.165, 1.54) is 27.9 Å². The summed E-state index contributed by atoms with van der Waals surface area (Å²) < 4.78 is 1.00. The summed E-state index contributed by atoms with van der Waals surface area (Å²) >= 11 is 0. The minimum absolute atomic E-state index is 0.0641. The fourth-order valence-electron chi connectivity index (χ4n) is 6.43. The predicted octanol–water partition coefficient (Wildman–Crippen LogP) is 5.36. The molecule has 0 bridgehead atoms. The average Bonchev–Trinajstić information content (AvgIpc) is 3.03. The van der Waals surface area contributed by atoms with Gasteiger partial charge < -0.3 is 9.80 Å².